The molecule has 2 aromatic rings. The van der Waals surface area contributed by atoms with Crippen molar-refractivity contribution in [2.24, 2.45) is 5.92 Å². The summed E-state index contributed by atoms with van der Waals surface area (Å²) in [7, 11) is 2.17. The number of carboxylic acid groups (broad SMARTS) is 1. The van der Waals surface area contributed by atoms with Crippen LogP contribution in [0.25, 0.3) is 10.8 Å². The van der Waals surface area contributed by atoms with Gasteiger partial charge in [-0.25, -0.2) is 4.98 Å². The van der Waals surface area contributed by atoms with Gasteiger partial charge in [0.2, 0.25) is 0 Å². The van der Waals surface area contributed by atoms with Gasteiger partial charge in [-0.3, -0.25) is 9.69 Å². The number of nitrogens with zero attached hydrogens (tertiary/aromatic N) is 4. The van der Waals surface area contributed by atoms with E-state index in [9.17, 15) is 9.90 Å². The fraction of sp³-hybridized carbons (Fsp3) is 0.545. The summed E-state index contributed by atoms with van der Waals surface area (Å²) in [4.78, 5) is 23.3. The van der Waals surface area contributed by atoms with Crippen LogP contribution in [0.3, 0.4) is 0 Å². The summed E-state index contributed by atoms with van der Waals surface area (Å²) < 4.78 is 0. The zero-order valence-corrected chi connectivity index (χ0v) is 16.6. The number of aromatic nitrogens is 1. The van der Waals surface area contributed by atoms with E-state index in [4.69, 9.17) is 4.98 Å². The molecule has 4 rings (SSSR count). The number of pyridine rings is 1. The van der Waals surface area contributed by atoms with Crippen molar-refractivity contribution < 1.29 is 9.90 Å². The van der Waals surface area contributed by atoms with Crippen LogP contribution in [0, 0.1) is 5.92 Å². The number of likely N-dealkylation sites (N-methyl/N-ethyl adjacent to an activating group) is 1. The normalized spacial score (nSPS) is 24.5. The quantitative estimate of drug-likeness (QED) is 0.858. The molecule has 150 valence electrons. The van der Waals surface area contributed by atoms with Gasteiger partial charge in [-0.05, 0) is 37.3 Å². The molecular weight excluding hydrogens is 352 g/mol. The van der Waals surface area contributed by atoms with E-state index in [2.05, 4.69) is 52.1 Å². The van der Waals surface area contributed by atoms with E-state index < -0.39 is 5.97 Å². The number of benzene rings is 1. The first-order valence-corrected chi connectivity index (χ1v) is 10.3. The number of piperazine rings is 1. The van der Waals surface area contributed by atoms with Gasteiger partial charge in [-0.2, -0.15) is 0 Å². The summed E-state index contributed by atoms with van der Waals surface area (Å²) in [5.41, 5.74) is 0. The Morgan fingerprint density at radius 2 is 1.93 bits per heavy atom. The molecule has 0 radical (unpaired) electrons. The molecular formula is C22H30N4O2. The monoisotopic (exact) mass is 382 g/mol. The summed E-state index contributed by atoms with van der Waals surface area (Å²) in [6.45, 7) is 6.20. The van der Waals surface area contributed by atoms with Crippen LogP contribution in [-0.2, 0) is 4.79 Å². The van der Waals surface area contributed by atoms with Crippen molar-refractivity contribution in [3.8, 4) is 0 Å². The van der Waals surface area contributed by atoms with E-state index in [1.165, 1.54) is 10.8 Å². The molecule has 0 amide bonds. The van der Waals surface area contributed by atoms with Gasteiger partial charge in [0.05, 0.1) is 0 Å². The number of hydrogen-bond acceptors (Lipinski definition) is 5. The molecule has 1 aromatic carbocycles. The van der Waals surface area contributed by atoms with Crippen molar-refractivity contribution in [3.63, 3.8) is 0 Å². The Balaban J connectivity index is 1.55. The van der Waals surface area contributed by atoms with Gasteiger partial charge in [-0.1, -0.05) is 24.3 Å². The van der Waals surface area contributed by atoms with Gasteiger partial charge in [0.15, 0.2) is 0 Å². The fourth-order valence-corrected chi connectivity index (χ4v) is 4.79. The molecule has 0 bridgehead atoms. The number of hydrogen-bond donors (Lipinski definition) is 1. The zero-order valence-electron chi connectivity index (χ0n) is 16.6. The zero-order chi connectivity index (χ0) is 19.5. The molecule has 28 heavy (non-hydrogen) atoms. The molecule has 2 atom stereocenters. The summed E-state index contributed by atoms with van der Waals surface area (Å²) in [6, 6.07) is 10.9. The number of fused-ring (bicyclic) bond motifs is 1. The van der Waals surface area contributed by atoms with Crippen LogP contribution in [0.2, 0.25) is 0 Å². The Morgan fingerprint density at radius 1 is 1.14 bits per heavy atom. The lowest BCUT2D eigenvalue weighted by Gasteiger charge is -2.46. The Kier molecular flexibility index (Phi) is 5.78. The van der Waals surface area contributed by atoms with Crippen LogP contribution in [0.4, 0.5) is 5.82 Å². The van der Waals surface area contributed by atoms with Crippen LogP contribution in [0.15, 0.2) is 36.5 Å². The highest BCUT2D eigenvalue weighted by atomic mass is 16.4. The molecule has 2 saturated heterocycles. The fourth-order valence-electron chi connectivity index (χ4n) is 4.79. The van der Waals surface area contributed by atoms with E-state index in [-0.39, 0.29) is 6.42 Å². The second-order valence-electron chi connectivity index (χ2n) is 8.19. The maximum atomic E-state index is 11.2. The largest absolute Gasteiger partial charge is 0.481 e. The van der Waals surface area contributed by atoms with E-state index in [1.807, 2.05) is 6.20 Å². The Hall–Kier alpha value is -2.18. The highest BCUT2D eigenvalue weighted by Gasteiger charge is 2.35. The molecule has 0 spiro atoms. The van der Waals surface area contributed by atoms with E-state index in [1.54, 1.807) is 0 Å². The summed E-state index contributed by atoms with van der Waals surface area (Å²) in [6.07, 6.45) is 3.93. The summed E-state index contributed by atoms with van der Waals surface area (Å²) in [5, 5.41) is 11.6. The maximum Gasteiger partial charge on any atom is 0.303 e. The Labute approximate surface area is 166 Å². The molecule has 2 aliphatic heterocycles. The van der Waals surface area contributed by atoms with Gasteiger partial charge in [0.1, 0.15) is 5.82 Å². The van der Waals surface area contributed by atoms with Crippen LogP contribution in [0.5, 0.6) is 0 Å². The second kappa shape index (κ2) is 8.45. The number of piperidine rings is 1. The van der Waals surface area contributed by atoms with Gasteiger partial charge < -0.3 is 14.9 Å². The van der Waals surface area contributed by atoms with Gasteiger partial charge in [0.25, 0.3) is 0 Å². The van der Waals surface area contributed by atoms with Crippen LogP contribution in [0.1, 0.15) is 19.3 Å². The van der Waals surface area contributed by atoms with E-state index >= 15 is 0 Å². The molecule has 6 nitrogen and oxygen atoms in total. The van der Waals surface area contributed by atoms with E-state index in [0.717, 1.165) is 57.9 Å². The highest BCUT2D eigenvalue weighted by Crippen LogP contribution is 2.32. The minimum Gasteiger partial charge on any atom is -0.481 e. The minimum atomic E-state index is -0.697. The standard InChI is InChI=1S/C22H30N4O2/c1-24-12-14-25(15-13-24)20-9-11-26(16-18(20)6-7-21(27)28)22-19-5-3-2-4-17(19)8-10-23-22/h2-5,8,10,18,20H,6-7,9,11-16H2,1H3,(H,27,28)/t18-,20+/m1/s1. The molecule has 1 N–H and O–H groups in total. The van der Waals surface area contributed by atoms with Crippen molar-refractivity contribution in [2.45, 2.75) is 25.3 Å². The number of carboxylic acids is 1. The Bertz CT molecular complexity index is 814. The topological polar surface area (TPSA) is 59.9 Å². The molecule has 2 fully saturated rings. The summed E-state index contributed by atoms with van der Waals surface area (Å²) in [5.74, 6) is 0.696. The molecule has 0 aliphatic carbocycles. The molecule has 3 heterocycles. The van der Waals surface area contributed by atoms with Gasteiger partial charge in [-0.15, -0.1) is 0 Å². The number of carbonyl (C=O) groups is 1. The first kappa shape index (κ1) is 19.2. The third-order valence-corrected chi connectivity index (χ3v) is 6.38. The summed E-state index contributed by atoms with van der Waals surface area (Å²) >= 11 is 0. The second-order valence-corrected chi connectivity index (χ2v) is 8.19. The molecule has 2 aliphatic rings. The first-order valence-electron chi connectivity index (χ1n) is 10.3. The molecule has 0 saturated carbocycles. The number of anilines is 1. The van der Waals surface area contributed by atoms with Crippen molar-refractivity contribution in [2.75, 3.05) is 51.2 Å². The van der Waals surface area contributed by atoms with Crippen LogP contribution < -0.4 is 4.90 Å². The van der Waals surface area contributed by atoms with Crippen molar-refractivity contribution in [1.82, 2.24) is 14.8 Å². The van der Waals surface area contributed by atoms with Crippen molar-refractivity contribution in [3.05, 3.63) is 36.5 Å². The molecule has 0 unspecified atom stereocenters. The predicted molar refractivity (Wildman–Crippen MR) is 112 cm³/mol. The van der Waals surface area contributed by atoms with Crippen LogP contribution >= 0.6 is 0 Å². The lowest BCUT2D eigenvalue weighted by Crippen LogP contribution is -2.56. The van der Waals surface area contributed by atoms with Gasteiger partial charge >= 0.3 is 5.97 Å². The number of aliphatic carboxylic acids is 1. The average molecular weight is 383 g/mol. The van der Waals surface area contributed by atoms with Crippen molar-refractivity contribution >= 4 is 22.6 Å². The SMILES string of the molecule is CN1CCN([C@H]2CCN(c3nccc4ccccc34)C[C@H]2CCC(=O)O)CC1. The third-order valence-electron chi connectivity index (χ3n) is 6.38. The Morgan fingerprint density at radius 3 is 2.71 bits per heavy atom. The minimum absolute atomic E-state index is 0.242. The lowest BCUT2D eigenvalue weighted by molar-refractivity contribution is -0.137. The predicted octanol–water partition coefficient (Wildman–Crippen LogP) is 2.54. The smallest absolute Gasteiger partial charge is 0.303 e. The molecule has 6 heteroatoms. The molecule has 1 aromatic heterocycles. The van der Waals surface area contributed by atoms with Crippen molar-refractivity contribution in [1.29, 1.82) is 0 Å². The van der Waals surface area contributed by atoms with E-state index in [0.29, 0.717) is 12.0 Å². The highest BCUT2D eigenvalue weighted by molar-refractivity contribution is 5.92. The number of rotatable bonds is 5. The third kappa shape index (κ3) is 4.13. The van der Waals surface area contributed by atoms with Crippen LogP contribution in [-0.4, -0.2) is 78.2 Å². The maximum absolute atomic E-state index is 11.2. The first-order chi connectivity index (χ1) is 13.6. The lowest BCUT2D eigenvalue weighted by atomic mass is 9.86. The average Bonchev–Trinajstić information content (AvgIpc) is 2.72. The van der Waals surface area contributed by atoms with Gasteiger partial charge in [0, 0.05) is 63.3 Å².